The summed E-state index contributed by atoms with van der Waals surface area (Å²) in [6.45, 7) is 2.35. The first kappa shape index (κ1) is 12.5. The summed E-state index contributed by atoms with van der Waals surface area (Å²) in [5.74, 6) is 6.00. The van der Waals surface area contributed by atoms with Gasteiger partial charge >= 0.3 is 0 Å². The van der Waals surface area contributed by atoms with Gasteiger partial charge in [0, 0.05) is 6.20 Å². The maximum Gasteiger partial charge on any atom is 0.239 e. The topological polar surface area (TPSA) is 102 Å². The molecule has 0 aliphatic heterocycles. The Hall–Kier alpha value is -1.99. The number of hydrazine groups is 1. The predicted molar refractivity (Wildman–Crippen MR) is 68.9 cm³/mol. The number of halogens is 1. The summed E-state index contributed by atoms with van der Waals surface area (Å²) >= 11 is 5.95. The molecule has 8 heteroatoms. The van der Waals surface area contributed by atoms with E-state index >= 15 is 0 Å². The Labute approximate surface area is 109 Å². The fourth-order valence-corrected chi connectivity index (χ4v) is 1.40. The van der Waals surface area contributed by atoms with Gasteiger partial charge in [-0.05, 0) is 6.92 Å². The molecule has 0 amide bonds. The Morgan fingerprint density at radius 1 is 1.22 bits per heavy atom. The molecule has 0 aliphatic rings. The van der Waals surface area contributed by atoms with Crippen molar-refractivity contribution in [1.29, 1.82) is 0 Å². The molecule has 0 saturated carbocycles. The van der Waals surface area contributed by atoms with Crippen LogP contribution in [0.4, 0.5) is 11.8 Å². The molecule has 0 radical (unpaired) electrons. The van der Waals surface area contributed by atoms with Gasteiger partial charge in [-0.3, -0.25) is 15.4 Å². The standard InChI is InChI=1S/C10H12ClN7/c1-6-2-14-7(3-13-6)4-15-9-8(11)5-16-10(17-9)18-12/h2-3,5H,4,12H2,1H3,(H2,15,16,17,18). The van der Waals surface area contributed by atoms with Gasteiger partial charge in [0.1, 0.15) is 5.02 Å². The zero-order chi connectivity index (χ0) is 13.0. The lowest BCUT2D eigenvalue weighted by Gasteiger charge is -2.08. The second kappa shape index (κ2) is 5.56. The average molecular weight is 266 g/mol. The molecular formula is C10H12ClN7. The fourth-order valence-electron chi connectivity index (χ4n) is 1.25. The summed E-state index contributed by atoms with van der Waals surface area (Å²) in [4.78, 5) is 16.3. The highest BCUT2D eigenvalue weighted by Crippen LogP contribution is 2.19. The molecule has 7 nitrogen and oxygen atoms in total. The molecule has 4 N–H and O–H groups in total. The molecule has 0 fully saturated rings. The summed E-state index contributed by atoms with van der Waals surface area (Å²) in [5, 5.41) is 3.45. The molecule has 2 aromatic heterocycles. The quantitative estimate of drug-likeness (QED) is 0.562. The van der Waals surface area contributed by atoms with Gasteiger partial charge in [-0.15, -0.1) is 0 Å². The van der Waals surface area contributed by atoms with Crippen molar-refractivity contribution in [3.63, 3.8) is 0 Å². The SMILES string of the molecule is Cc1cnc(CNc2nc(NN)ncc2Cl)cn1. The van der Waals surface area contributed by atoms with E-state index in [-0.39, 0.29) is 5.95 Å². The highest BCUT2D eigenvalue weighted by molar-refractivity contribution is 6.32. The summed E-state index contributed by atoms with van der Waals surface area (Å²) in [6, 6.07) is 0. The van der Waals surface area contributed by atoms with E-state index in [1.54, 1.807) is 12.4 Å². The van der Waals surface area contributed by atoms with Crippen LogP contribution in [0.5, 0.6) is 0 Å². The van der Waals surface area contributed by atoms with E-state index in [4.69, 9.17) is 17.4 Å². The summed E-state index contributed by atoms with van der Waals surface area (Å²) < 4.78 is 0. The number of rotatable bonds is 4. The average Bonchev–Trinajstić information content (AvgIpc) is 2.40. The van der Waals surface area contributed by atoms with Crippen molar-refractivity contribution in [2.75, 3.05) is 10.7 Å². The van der Waals surface area contributed by atoms with Crippen molar-refractivity contribution < 1.29 is 0 Å². The van der Waals surface area contributed by atoms with Crippen molar-refractivity contribution in [2.24, 2.45) is 5.84 Å². The van der Waals surface area contributed by atoms with Crippen LogP contribution in [0, 0.1) is 6.92 Å². The van der Waals surface area contributed by atoms with Crippen LogP contribution in [0.15, 0.2) is 18.6 Å². The number of nitrogens with two attached hydrogens (primary N) is 1. The monoisotopic (exact) mass is 265 g/mol. The fraction of sp³-hybridized carbons (Fsp3) is 0.200. The maximum atomic E-state index is 5.95. The third kappa shape index (κ3) is 3.02. The zero-order valence-corrected chi connectivity index (χ0v) is 10.4. The van der Waals surface area contributed by atoms with Crippen LogP contribution in [-0.2, 0) is 6.54 Å². The Bertz CT molecular complexity index is 528. The molecule has 0 aromatic carbocycles. The molecule has 18 heavy (non-hydrogen) atoms. The van der Waals surface area contributed by atoms with E-state index in [1.165, 1.54) is 6.20 Å². The molecule has 0 saturated heterocycles. The minimum Gasteiger partial charge on any atom is -0.363 e. The number of hydrogen-bond acceptors (Lipinski definition) is 7. The number of aromatic nitrogens is 4. The zero-order valence-electron chi connectivity index (χ0n) is 9.68. The minimum atomic E-state index is 0.289. The van der Waals surface area contributed by atoms with Gasteiger partial charge in [-0.1, -0.05) is 11.6 Å². The second-order valence-electron chi connectivity index (χ2n) is 3.54. The van der Waals surface area contributed by atoms with Crippen LogP contribution < -0.4 is 16.6 Å². The Morgan fingerprint density at radius 3 is 2.72 bits per heavy atom. The second-order valence-corrected chi connectivity index (χ2v) is 3.94. The molecule has 0 bridgehead atoms. The largest absolute Gasteiger partial charge is 0.363 e. The Balaban J connectivity index is 2.07. The van der Waals surface area contributed by atoms with Crippen LogP contribution in [0.3, 0.4) is 0 Å². The lowest BCUT2D eigenvalue weighted by molar-refractivity contribution is 0.972. The summed E-state index contributed by atoms with van der Waals surface area (Å²) in [5.41, 5.74) is 4.01. The first-order valence-electron chi connectivity index (χ1n) is 5.19. The molecule has 94 valence electrons. The Kier molecular flexibility index (Phi) is 3.85. The molecule has 2 heterocycles. The molecule has 2 rings (SSSR count). The highest BCUT2D eigenvalue weighted by Gasteiger charge is 2.05. The van der Waals surface area contributed by atoms with Crippen LogP contribution >= 0.6 is 11.6 Å². The van der Waals surface area contributed by atoms with Crippen molar-refractivity contribution in [2.45, 2.75) is 13.5 Å². The van der Waals surface area contributed by atoms with Crippen LogP contribution in [-0.4, -0.2) is 19.9 Å². The number of nitrogen functional groups attached to an aromatic ring is 1. The normalized spacial score (nSPS) is 10.2. The smallest absolute Gasteiger partial charge is 0.239 e. The Morgan fingerprint density at radius 2 is 2.06 bits per heavy atom. The predicted octanol–water partition coefficient (Wildman–Crippen LogP) is 1.13. The first-order chi connectivity index (χ1) is 8.69. The molecule has 0 atom stereocenters. The van der Waals surface area contributed by atoms with Gasteiger partial charge in [0.25, 0.3) is 0 Å². The van der Waals surface area contributed by atoms with E-state index < -0.39 is 0 Å². The van der Waals surface area contributed by atoms with Crippen molar-refractivity contribution in [3.05, 3.63) is 35.0 Å². The summed E-state index contributed by atoms with van der Waals surface area (Å²) in [7, 11) is 0. The van der Waals surface area contributed by atoms with Crippen molar-refractivity contribution >= 4 is 23.4 Å². The molecule has 0 aliphatic carbocycles. The van der Waals surface area contributed by atoms with Crippen molar-refractivity contribution in [1.82, 2.24) is 19.9 Å². The highest BCUT2D eigenvalue weighted by atomic mass is 35.5. The third-order valence-electron chi connectivity index (χ3n) is 2.14. The number of hydrogen-bond donors (Lipinski definition) is 3. The van der Waals surface area contributed by atoms with E-state index in [9.17, 15) is 0 Å². The first-order valence-corrected chi connectivity index (χ1v) is 5.57. The molecular weight excluding hydrogens is 254 g/mol. The lowest BCUT2D eigenvalue weighted by atomic mass is 10.4. The molecule has 0 spiro atoms. The number of anilines is 2. The van der Waals surface area contributed by atoms with Gasteiger partial charge < -0.3 is 5.32 Å². The number of aryl methyl sites for hydroxylation is 1. The molecule has 2 aromatic rings. The number of nitrogens with one attached hydrogen (secondary N) is 2. The maximum absolute atomic E-state index is 5.95. The third-order valence-corrected chi connectivity index (χ3v) is 2.42. The van der Waals surface area contributed by atoms with Crippen LogP contribution in [0.1, 0.15) is 11.4 Å². The van der Waals surface area contributed by atoms with Gasteiger partial charge in [0.15, 0.2) is 5.82 Å². The van der Waals surface area contributed by atoms with Crippen molar-refractivity contribution in [3.8, 4) is 0 Å². The van der Waals surface area contributed by atoms with Crippen LogP contribution in [0.2, 0.25) is 5.02 Å². The van der Waals surface area contributed by atoms with Gasteiger partial charge in [-0.2, -0.15) is 4.98 Å². The van der Waals surface area contributed by atoms with E-state index in [1.807, 2.05) is 6.92 Å². The summed E-state index contributed by atoms with van der Waals surface area (Å²) in [6.07, 6.45) is 4.86. The minimum absolute atomic E-state index is 0.289. The van der Waals surface area contributed by atoms with Crippen LogP contribution in [0.25, 0.3) is 0 Å². The van der Waals surface area contributed by atoms with E-state index in [0.717, 1.165) is 11.4 Å². The van der Waals surface area contributed by atoms with Gasteiger partial charge in [-0.25, -0.2) is 10.8 Å². The van der Waals surface area contributed by atoms with E-state index in [0.29, 0.717) is 17.4 Å². The molecule has 0 unspecified atom stereocenters. The van der Waals surface area contributed by atoms with E-state index in [2.05, 4.69) is 30.7 Å². The number of nitrogens with zero attached hydrogens (tertiary/aromatic N) is 4. The lowest BCUT2D eigenvalue weighted by Crippen LogP contribution is -2.12. The van der Waals surface area contributed by atoms with Gasteiger partial charge in [0.05, 0.1) is 30.3 Å². The van der Waals surface area contributed by atoms with Gasteiger partial charge in [0.2, 0.25) is 5.95 Å².